The van der Waals surface area contributed by atoms with Gasteiger partial charge in [0.15, 0.2) is 11.5 Å². The molecule has 0 N–H and O–H groups in total. The fourth-order valence-electron chi connectivity index (χ4n) is 3.79. The first-order chi connectivity index (χ1) is 15.3. The maximum Gasteiger partial charge on any atom is 0.355 e. The normalized spacial score (nSPS) is 11.8. The second-order valence-corrected chi connectivity index (χ2v) is 7.53. The Balaban J connectivity index is 2.00. The second kappa shape index (κ2) is 9.64. The molecule has 3 rings (SSSR count). The van der Waals surface area contributed by atoms with Gasteiger partial charge in [0, 0.05) is 37.2 Å². The number of hydrogen-bond acceptors (Lipinski definition) is 6. The van der Waals surface area contributed by atoms with E-state index in [0.29, 0.717) is 22.5 Å². The lowest BCUT2D eigenvalue weighted by molar-refractivity contribution is 0.0513. The second-order valence-electron chi connectivity index (χ2n) is 7.53. The van der Waals surface area contributed by atoms with E-state index < -0.39 is 17.9 Å². The lowest BCUT2D eigenvalue weighted by atomic mass is 9.99. The summed E-state index contributed by atoms with van der Waals surface area (Å²) < 4.78 is 12.1. The van der Waals surface area contributed by atoms with Crippen LogP contribution in [0.5, 0.6) is 0 Å². The predicted molar refractivity (Wildman–Crippen MR) is 117 cm³/mol. The highest BCUT2D eigenvalue weighted by atomic mass is 16.5. The summed E-state index contributed by atoms with van der Waals surface area (Å²) in [5.74, 6) is -1.02. The van der Waals surface area contributed by atoms with Crippen molar-refractivity contribution in [3.05, 3.63) is 76.8 Å². The van der Waals surface area contributed by atoms with E-state index in [2.05, 4.69) is 4.98 Å². The van der Waals surface area contributed by atoms with Crippen LogP contribution in [0.25, 0.3) is 0 Å². The molecule has 0 radical (unpaired) electrons. The van der Waals surface area contributed by atoms with E-state index in [1.165, 1.54) is 11.2 Å². The van der Waals surface area contributed by atoms with Gasteiger partial charge in [-0.05, 0) is 57.0 Å². The van der Waals surface area contributed by atoms with Gasteiger partial charge in [-0.25, -0.2) is 4.79 Å². The molecule has 0 saturated carbocycles. The summed E-state index contributed by atoms with van der Waals surface area (Å²) in [4.78, 5) is 44.8. The van der Waals surface area contributed by atoms with Crippen molar-refractivity contribution in [3.8, 4) is 0 Å². The molecule has 0 saturated heterocycles. The zero-order chi connectivity index (χ0) is 23.4. The predicted octanol–water partition coefficient (Wildman–Crippen LogP) is 3.72. The van der Waals surface area contributed by atoms with Crippen LogP contribution in [0.3, 0.4) is 0 Å². The van der Waals surface area contributed by atoms with Gasteiger partial charge in [0.05, 0.1) is 18.9 Å². The van der Waals surface area contributed by atoms with E-state index >= 15 is 0 Å². The van der Waals surface area contributed by atoms with E-state index in [9.17, 15) is 14.4 Å². The molecule has 3 aromatic heterocycles. The van der Waals surface area contributed by atoms with Crippen LogP contribution in [0.15, 0.2) is 47.3 Å². The van der Waals surface area contributed by atoms with Gasteiger partial charge in [0.25, 0.3) is 5.91 Å². The SMILES string of the molecule is CCOC(=O)c1c(C)c(C(=O)C(C)N(Cc2cccnc2)C(=O)c2ccco2)c(C)n1C. The standard InChI is InChI=1S/C24H27N3O5/c1-6-31-24(30)21-15(2)20(16(3)26(21)5)22(28)17(4)27(14-18-9-7-11-25-13-18)23(29)19-10-8-12-32-19/h7-13,17H,6,14H2,1-5H3. The number of rotatable bonds is 8. The van der Waals surface area contributed by atoms with Crippen molar-refractivity contribution < 1.29 is 23.5 Å². The molecule has 0 aliphatic rings. The number of pyridine rings is 1. The topological polar surface area (TPSA) is 94.6 Å². The summed E-state index contributed by atoms with van der Waals surface area (Å²) in [5.41, 5.74) is 2.68. The zero-order valence-corrected chi connectivity index (χ0v) is 18.9. The third-order valence-electron chi connectivity index (χ3n) is 5.56. The van der Waals surface area contributed by atoms with Crippen molar-refractivity contribution in [1.82, 2.24) is 14.5 Å². The molecular formula is C24H27N3O5. The summed E-state index contributed by atoms with van der Waals surface area (Å²) >= 11 is 0. The van der Waals surface area contributed by atoms with Gasteiger partial charge in [-0.3, -0.25) is 14.6 Å². The van der Waals surface area contributed by atoms with Gasteiger partial charge < -0.3 is 18.6 Å². The molecule has 1 atom stereocenters. The molecule has 1 amide bonds. The van der Waals surface area contributed by atoms with Crippen molar-refractivity contribution in [3.63, 3.8) is 0 Å². The highest BCUT2D eigenvalue weighted by molar-refractivity contribution is 6.07. The van der Waals surface area contributed by atoms with Crippen molar-refractivity contribution in [2.75, 3.05) is 6.61 Å². The Bertz CT molecular complexity index is 1120. The Morgan fingerprint density at radius 3 is 2.56 bits per heavy atom. The molecule has 3 aromatic rings. The van der Waals surface area contributed by atoms with Crippen LogP contribution in [0.4, 0.5) is 0 Å². The average Bonchev–Trinajstić information content (AvgIpc) is 3.39. The maximum absolute atomic E-state index is 13.6. The zero-order valence-electron chi connectivity index (χ0n) is 18.9. The molecular weight excluding hydrogens is 410 g/mol. The van der Waals surface area contributed by atoms with Crippen molar-refractivity contribution in [2.45, 2.75) is 40.3 Å². The Morgan fingerprint density at radius 1 is 1.22 bits per heavy atom. The van der Waals surface area contributed by atoms with Crippen LogP contribution in [0.1, 0.15) is 62.1 Å². The lowest BCUT2D eigenvalue weighted by Gasteiger charge is -2.28. The van der Waals surface area contributed by atoms with E-state index in [-0.39, 0.29) is 24.7 Å². The molecule has 1 unspecified atom stereocenters. The summed E-state index contributed by atoms with van der Waals surface area (Å²) in [6.07, 6.45) is 4.71. The highest BCUT2D eigenvalue weighted by Gasteiger charge is 2.33. The summed E-state index contributed by atoms with van der Waals surface area (Å²) in [6, 6.07) is 5.98. The Kier molecular flexibility index (Phi) is 6.92. The van der Waals surface area contributed by atoms with Crippen molar-refractivity contribution >= 4 is 17.7 Å². The monoisotopic (exact) mass is 437 g/mol. The van der Waals surface area contributed by atoms with Gasteiger partial charge in [0.1, 0.15) is 5.69 Å². The smallest absolute Gasteiger partial charge is 0.355 e. The van der Waals surface area contributed by atoms with Gasteiger partial charge in [-0.15, -0.1) is 0 Å². The number of carbonyl (C=O) groups is 3. The molecule has 0 aliphatic heterocycles. The number of aromatic nitrogens is 2. The van der Waals surface area contributed by atoms with Gasteiger partial charge in [0.2, 0.25) is 0 Å². The first-order valence-electron chi connectivity index (χ1n) is 10.4. The molecule has 0 aromatic carbocycles. The number of carbonyl (C=O) groups excluding carboxylic acids is 3. The summed E-state index contributed by atoms with van der Waals surface area (Å²) in [7, 11) is 1.72. The number of hydrogen-bond donors (Lipinski definition) is 0. The van der Waals surface area contributed by atoms with Crippen LogP contribution >= 0.6 is 0 Å². The summed E-state index contributed by atoms with van der Waals surface area (Å²) in [6.45, 7) is 7.31. The van der Waals surface area contributed by atoms with Crippen LogP contribution in [0, 0.1) is 13.8 Å². The number of Topliss-reactive ketones (excluding diaryl/α,β-unsaturated/α-hetero) is 1. The number of nitrogens with zero attached hydrogens (tertiary/aromatic N) is 3. The fourth-order valence-corrected chi connectivity index (χ4v) is 3.79. The van der Waals surface area contributed by atoms with Gasteiger partial charge in [-0.1, -0.05) is 6.07 Å². The molecule has 32 heavy (non-hydrogen) atoms. The summed E-state index contributed by atoms with van der Waals surface area (Å²) in [5, 5.41) is 0. The molecule has 0 spiro atoms. The maximum atomic E-state index is 13.6. The number of furan rings is 1. The molecule has 0 fully saturated rings. The fraction of sp³-hybridized carbons (Fsp3) is 0.333. The molecule has 0 bridgehead atoms. The molecule has 168 valence electrons. The van der Waals surface area contributed by atoms with Gasteiger partial charge >= 0.3 is 5.97 Å². The molecule has 8 nitrogen and oxygen atoms in total. The Labute approximate surface area is 186 Å². The minimum Gasteiger partial charge on any atom is -0.461 e. The van der Waals surface area contributed by atoms with E-state index in [1.807, 2.05) is 6.07 Å². The van der Waals surface area contributed by atoms with Crippen LogP contribution in [-0.4, -0.2) is 44.8 Å². The Hall–Kier alpha value is -3.68. The Morgan fingerprint density at radius 2 is 1.97 bits per heavy atom. The van der Waals surface area contributed by atoms with Gasteiger partial charge in [-0.2, -0.15) is 0 Å². The third kappa shape index (κ3) is 4.34. The lowest BCUT2D eigenvalue weighted by Crippen LogP contribution is -2.43. The third-order valence-corrected chi connectivity index (χ3v) is 5.56. The number of amides is 1. The largest absolute Gasteiger partial charge is 0.461 e. The average molecular weight is 437 g/mol. The van der Waals surface area contributed by atoms with Crippen molar-refractivity contribution in [1.29, 1.82) is 0 Å². The minimum atomic E-state index is -0.817. The number of ketones is 1. The van der Waals surface area contributed by atoms with Crippen LogP contribution in [0.2, 0.25) is 0 Å². The van der Waals surface area contributed by atoms with E-state index in [1.54, 1.807) is 69.9 Å². The molecule has 8 heteroatoms. The van der Waals surface area contributed by atoms with Crippen LogP contribution < -0.4 is 0 Å². The first-order valence-corrected chi connectivity index (χ1v) is 10.4. The molecule has 0 aliphatic carbocycles. The van der Waals surface area contributed by atoms with Crippen LogP contribution in [-0.2, 0) is 18.3 Å². The number of ether oxygens (including phenoxy) is 1. The van der Waals surface area contributed by atoms with Crippen molar-refractivity contribution in [2.24, 2.45) is 7.05 Å². The first kappa shape index (κ1) is 23.0. The highest BCUT2D eigenvalue weighted by Crippen LogP contribution is 2.26. The quantitative estimate of drug-likeness (QED) is 0.394. The molecule has 3 heterocycles. The van der Waals surface area contributed by atoms with E-state index in [4.69, 9.17) is 9.15 Å². The van der Waals surface area contributed by atoms with E-state index in [0.717, 1.165) is 5.56 Å². The minimum absolute atomic E-state index is 0.141. The number of esters is 1.